The van der Waals surface area contributed by atoms with Crippen LogP contribution in [0.3, 0.4) is 0 Å². The average Bonchev–Trinajstić information content (AvgIpc) is 2.27. The fraction of sp³-hybridized carbons (Fsp3) is 0.400. The van der Waals surface area contributed by atoms with Crippen LogP contribution < -0.4 is 10.2 Å². The smallest absolute Gasteiger partial charge is 0.239 e. The molecular formula is C10H14ClN3O. The molecule has 1 aromatic rings. The Labute approximate surface area is 94.3 Å². The van der Waals surface area contributed by atoms with Crippen LogP contribution in [-0.4, -0.2) is 31.0 Å². The van der Waals surface area contributed by atoms with Gasteiger partial charge in [0.15, 0.2) is 0 Å². The van der Waals surface area contributed by atoms with E-state index in [9.17, 15) is 4.79 Å². The van der Waals surface area contributed by atoms with Crippen molar-refractivity contribution in [1.29, 1.82) is 0 Å². The molecule has 0 aromatic carbocycles. The van der Waals surface area contributed by atoms with Crippen molar-refractivity contribution >= 4 is 23.3 Å². The van der Waals surface area contributed by atoms with Crippen molar-refractivity contribution in [2.75, 3.05) is 25.0 Å². The van der Waals surface area contributed by atoms with Gasteiger partial charge in [-0.05, 0) is 19.1 Å². The SMILES string of the molecule is CCN(CC(=O)NC)c1ccc(Cl)cn1. The average molecular weight is 228 g/mol. The van der Waals surface area contributed by atoms with Gasteiger partial charge in [-0.25, -0.2) is 4.98 Å². The summed E-state index contributed by atoms with van der Waals surface area (Å²) in [6.07, 6.45) is 1.57. The normalized spacial score (nSPS) is 9.80. The van der Waals surface area contributed by atoms with Crippen LogP contribution in [0.1, 0.15) is 6.92 Å². The molecule has 4 nitrogen and oxygen atoms in total. The summed E-state index contributed by atoms with van der Waals surface area (Å²) in [4.78, 5) is 17.2. The van der Waals surface area contributed by atoms with E-state index in [2.05, 4.69) is 10.3 Å². The van der Waals surface area contributed by atoms with Gasteiger partial charge in [0, 0.05) is 19.8 Å². The van der Waals surface area contributed by atoms with Crippen molar-refractivity contribution in [3.05, 3.63) is 23.4 Å². The molecule has 1 heterocycles. The monoisotopic (exact) mass is 227 g/mol. The molecule has 1 N–H and O–H groups in total. The first kappa shape index (κ1) is 11.8. The van der Waals surface area contributed by atoms with Gasteiger partial charge in [-0.2, -0.15) is 0 Å². The number of carbonyl (C=O) groups is 1. The van der Waals surface area contributed by atoms with E-state index in [1.807, 2.05) is 11.8 Å². The zero-order valence-electron chi connectivity index (χ0n) is 8.83. The predicted octanol–water partition coefficient (Wildman–Crippen LogP) is 1.31. The first-order valence-electron chi connectivity index (χ1n) is 4.74. The third-order valence-corrected chi connectivity index (χ3v) is 2.25. The number of amides is 1. The van der Waals surface area contributed by atoms with Crippen molar-refractivity contribution in [3.63, 3.8) is 0 Å². The van der Waals surface area contributed by atoms with Crippen LogP contribution in [0.2, 0.25) is 5.02 Å². The van der Waals surface area contributed by atoms with Gasteiger partial charge < -0.3 is 10.2 Å². The summed E-state index contributed by atoms with van der Waals surface area (Å²) in [5.74, 6) is 0.721. The second-order valence-corrected chi connectivity index (χ2v) is 3.46. The zero-order valence-corrected chi connectivity index (χ0v) is 9.58. The maximum Gasteiger partial charge on any atom is 0.239 e. The molecule has 5 heteroatoms. The lowest BCUT2D eigenvalue weighted by atomic mass is 10.4. The lowest BCUT2D eigenvalue weighted by Crippen LogP contribution is -2.35. The molecule has 0 atom stereocenters. The van der Waals surface area contributed by atoms with Crippen LogP contribution in [0.15, 0.2) is 18.3 Å². The summed E-state index contributed by atoms with van der Waals surface area (Å²) in [7, 11) is 1.62. The van der Waals surface area contributed by atoms with Crippen molar-refractivity contribution in [1.82, 2.24) is 10.3 Å². The van der Waals surface area contributed by atoms with Gasteiger partial charge in [0.2, 0.25) is 5.91 Å². The van der Waals surface area contributed by atoms with Crippen molar-refractivity contribution in [3.8, 4) is 0 Å². The Balaban J connectivity index is 2.74. The first-order chi connectivity index (χ1) is 7.17. The van der Waals surface area contributed by atoms with Gasteiger partial charge in [-0.1, -0.05) is 11.6 Å². The molecule has 0 radical (unpaired) electrons. The topological polar surface area (TPSA) is 45.2 Å². The van der Waals surface area contributed by atoms with Crippen LogP contribution in [-0.2, 0) is 4.79 Å². The van der Waals surface area contributed by atoms with E-state index in [4.69, 9.17) is 11.6 Å². The number of hydrogen-bond donors (Lipinski definition) is 1. The summed E-state index contributed by atoms with van der Waals surface area (Å²) >= 11 is 5.73. The molecule has 0 aliphatic heterocycles. The number of rotatable bonds is 4. The van der Waals surface area contributed by atoms with Gasteiger partial charge in [0.25, 0.3) is 0 Å². The summed E-state index contributed by atoms with van der Waals surface area (Å²) < 4.78 is 0. The third-order valence-electron chi connectivity index (χ3n) is 2.03. The Hall–Kier alpha value is -1.29. The third kappa shape index (κ3) is 3.40. The van der Waals surface area contributed by atoms with Gasteiger partial charge in [0.05, 0.1) is 11.6 Å². The quantitative estimate of drug-likeness (QED) is 0.844. The van der Waals surface area contributed by atoms with Gasteiger partial charge in [-0.15, -0.1) is 0 Å². The number of hydrogen-bond acceptors (Lipinski definition) is 3. The Bertz CT molecular complexity index is 326. The summed E-state index contributed by atoms with van der Waals surface area (Å²) in [6, 6.07) is 3.56. The van der Waals surface area contributed by atoms with Gasteiger partial charge in [0.1, 0.15) is 5.82 Å². The largest absolute Gasteiger partial charge is 0.358 e. The Morgan fingerprint density at radius 1 is 1.60 bits per heavy atom. The fourth-order valence-electron chi connectivity index (χ4n) is 1.16. The summed E-state index contributed by atoms with van der Waals surface area (Å²) in [5, 5.41) is 3.17. The van der Waals surface area contributed by atoms with Crippen LogP contribution in [0, 0.1) is 0 Å². The molecule has 1 amide bonds. The minimum Gasteiger partial charge on any atom is -0.358 e. The highest BCUT2D eigenvalue weighted by Crippen LogP contribution is 2.13. The maximum absolute atomic E-state index is 11.2. The molecule has 0 aliphatic rings. The van der Waals surface area contributed by atoms with E-state index in [1.165, 1.54) is 0 Å². The molecular weight excluding hydrogens is 214 g/mol. The Morgan fingerprint density at radius 3 is 2.80 bits per heavy atom. The number of aromatic nitrogens is 1. The number of nitrogens with zero attached hydrogens (tertiary/aromatic N) is 2. The number of anilines is 1. The van der Waals surface area contributed by atoms with E-state index in [1.54, 1.807) is 25.4 Å². The maximum atomic E-state index is 11.2. The number of carbonyl (C=O) groups excluding carboxylic acids is 1. The van der Waals surface area contributed by atoms with Crippen LogP contribution in [0.25, 0.3) is 0 Å². The molecule has 0 fully saturated rings. The van der Waals surface area contributed by atoms with Crippen molar-refractivity contribution in [2.24, 2.45) is 0 Å². The minimum atomic E-state index is -0.0337. The number of likely N-dealkylation sites (N-methyl/N-ethyl adjacent to an activating group) is 2. The highest BCUT2D eigenvalue weighted by molar-refractivity contribution is 6.30. The van der Waals surface area contributed by atoms with Crippen LogP contribution >= 0.6 is 11.6 Å². The lowest BCUT2D eigenvalue weighted by Gasteiger charge is -2.20. The molecule has 0 bridgehead atoms. The Morgan fingerprint density at radius 2 is 2.33 bits per heavy atom. The molecule has 0 aliphatic carbocycles. The molecule has 0 spiro atoms. The van der Waals surface area contributed by atoms with E-state index < -0.39 is 0 Å². The zero-order chi connectivity index (χ0) is 11.3. The molecule has 1 aromatic heterocycles. The second kappa shape index (κ2) is 5.56. The number of pyridine rings is 1. The highest BCUT2D eigenvalue weighted by Gasteiger charge is 2.09. The first-order valence-corrected chi connectivity index (χ1v) is 5.12. The van der Waals surface area contributed by atoms with Crippen molar-refractivity contribution < 1.29 is 4.79 Å². The molecule has 15 heavy (non-hydrogen) atoms. The lowest BCUT2D eigenvalue weighted by molar-refractivity contribution is -0.119. The predicted molar refractivity (Wildman–Crippen MR) is 61.2 cm³/mol. The number of nitrogens with one attached hydrogen (secondary N) is 1. The summed E-state index contributed by atoms with van der Waals surface area (Å²) in [6.45, 7) is 3.00. The van der Waals surface area contributed by atoms with E-state index in [0.29, 0.717) is 11.6 Å². The highest BCUT2D eigenvalue weighted by atomic mass is 35.5. The Kier molecular flexibility index (Phi) is 4.37. The second-order valence-electron chi connectivity index (χ2n) is 3.02. The van der Waals surface area contributed by atoms with Crippen molar-refractivity contribution in [2.45, 2.75) is 6.92 Å². The van der Waals surface area contributed by atoms with Crippen LogP contribution in [0.5, 0.6) is 0 Å². The number of halogens is 1. The molecule has 82 valence electrons. The fourth-order valence-corrected chi connectivity index (χ4v) is 1.27. The van der Waals surface area contributed by atoms with Crippen LogP contribution in [0.4, 0.5) is 5.82 Å². The molecule has 1 rings (SSSR count). The van der Waals surface area contributed by atoms with E-state index in [-0.39, 0.29) is 5.91 Å². The van der Waals surface area contributed by atoms with Gasteiger partial charge in [-0.3, -0.25) is 4.79 Å². The van der Waals surface area contributed by atoms with E-state index in [0.717, 1.165) is 12.4 Å². The standard InChI is InChI=1S/C10H14ClN3O/c1-3-14(7-10(15)12-2)9-5-4-8(11)6-13-9/h4-6H,3,7H2,1-2H3,(H,12,15). The molecule has 0 unspecified atom stereocenters. The minimum absolute atomic E-state index is 0.0337. The van der Waals surface area contributed by atoms with Gasteiger partial charge >= 0.3 is 0 Å². The molecule has 0 saturated heterocycles. The molecule has 0 saturated carbocycles. The summed E-state index contributed by atoms with van der Waals surface area (Å²) in [5.41, 5.74) is 0. The van der Waals surface area contributed by atoms with E-state index >= 15 is 0 Å².